The molecule has 0 radical (unpaired) electrons. The molecule has 0 atom stereocenters. The Kier molecular flexibility index (Phi) is 5.07. The molecule has 10 heteroatoms. The van der Waals surface area contributed by atoms with Crippen LogP contribution in [0.2, 0.25) is 0 Å². The highest BCUT2D eigenvalue weighted by molar-refractivity contribution is 7.98. The highest BCUT2D eigenvalue weighted by Gasteiger charge is 2.56. The van der Waals surface area contributed by atoms with Gasteiger partial charge in [0.15, 0.2) is 0 Å². The van der Waals surface area contributed by atoms with Crippen molar-refractivity contribution in [2.45, 2.75) is 74.3 Å². The summed E-state index contributed by atoms with van der Waals surface area (Å²) >= 11 is 1.37. The van der Waals surface area contributed by atoms with Crippen LogP contribution in [0.3, 0.4) is 0 Å². The Balaban J connectivity index is 1.55. The summed E-state index contributed by atoms with van der Waals surface area (Å²) in [6.07, 6.45) is 2.23. The van der Waals surface area contributed by atoms with E-state index in [1.54, 1.807) is 6.07 Å². The first-order chi connectivity index (χ1) is 15.1. The number of carbonyl (C=O) groups excluding carboxylic acids is 1. The average molecular weight is 469 g/mol. The van der Waals surface area contributed by atoms with E-state index in [4.69, 9.17) is 0 Å². The Hall–Kier alpha value is -2.10. The van der Waals surface area contributed by atoms with Gasteiger partial charge < -0.3 is 5.32 Å². The number of aromatic nitrogens is 3. The van der Waals surface area contributed by atoms with Gasteiger partial charge in [-0.15, -0.1) is 11.8 Å². The number of nitrogens with zero attached hydrogens (tertiary/aromatic N) is 3. The highest BCUT2D eigenvalue weighted by atomic mass is 32.2. The molecule has 5 nitrogen and oxygen atoms in total. The SMILES string of the molecule is CSc1cc(NC(=O)c2c(C(F)(F)F)c(C3CC3)nn2CC23CCC(F)(CC2)C3)ccn1. The van der Waals surface area contributed by atoms with E-state index in [2.05, 4.69) is 15.4 Å². The fourth-order valence-corrected chi connectivity index (χ4v) is 5.73. The Morgan fingerprint density at radius 3 is 2.56 bits per heavy atom. The van der Waals surface area contributed by atoms with Gasteiger partial charge in [0.1, 0.15) is 16.9 Å². The number of rotatable bonds is 6. The molecule has 3 fully saturated rings. The zero-order chi connectivity index (χ0) is 22.7. The Morgan fingerprint density at radius 2 is 2.00 bits per heavy atom. The number of hydrogen-bond acceptors (Lipinski definition) is 4. The molecule has 2 bridgehead atoms. The fourth-order valence-electron chi connectivity index (χ4n) is 5.32. The molecule has 0 saturated heterocycles. The quantitative estimate of drug-likeness (QED) is 0.429. The maximum absolute atomic E-state index is 14.8. The van der Waals surface area contributed by atoms with Crippen LogP contribution in [0.15, 0.2) is 23.4 Å². The maximum atomic E-state index is 14.8. The topological polar surface area (TPSA) is 59.8 Å². The molecule has 0 spiro atoms. The summed E-state index contributed by atoms with van der Waals surface area (Å²) < 4.78 is 58.5. The molecule has 3 saturated carbocycles. The maximum Gasteiger partial charge on any atom is 0.420 e. The molecule has 1 amide bonds. The zero-order valence-electron chi connectivity index (χ0n) is 17.6. The van der Waals surface area contributed by atoms with Crippen molar-refractivity contribution in [3.63, 3.8) is 0 Å². The van der Waals surface area contributed by atoms with Crippen LogP contribution in [0.4, 0.5) is 23.2 Å². The van der Waals surface area contributed by atoms with Gasteiger partial charge in [0.05, 0.1) is 10.7 Å². The number of amides is 1. The summed E-state index contributed by atoms with van der Waals surface area (Å²) in [6.45, 7) is 0.129. The lowest BCUT2D eigenvalue weighted by Gasteiger charge is -2.26. The molecular weight excluding hydrogens is 444 g/mol. The second-order valence-electron chi connectivity index (χ2n) is 9.41. The number of carbonyl (C=O) groups is 1. The molecule has 5 rings (SSSR count). The summed E-state index contributed by atoms with van der Waals surface area (Å²) in [5.41, 5.74) is -2.78. The van der Waals surface area contributed by atoms with Crippen molar-refractivity contribution in [1.29, 1.82) is 0 Å². The molecule has 0 unspecified atom stereocenters. The summed E-state index contributed by atoms with van der Waals surface area (Å²) in [5.74, 6) is -1.14. The third kappa shape index (κ3) is 3.91. The van der Waals surface area contributed by atoms with Crippen molar-refractivity contribution in [3.05, 3.63) is 35.3 Å². The Labute approximate surface area is 187 Å². The number of pyridine rings is 1. The van der Waals surface area contributed by atoms with Crippen LogP contribution in [-0.2, 0) is 12.7 Å². The molecule has 2 heterocycles. The summed E-state index contributed by atoms with van der Waals surface area (Å²) in [6, 6.07) is 3.15. The molecule has 2 aromatic heterocycles. The van der Waals surface area contributed by atoms with Crippen molar-refractivity contribution in [1.82, 2.24) is 14.8 Å². The van der Waals surface area contributed by atoms with E-state index in [1.807, 2.05) is 6.26 Å². The standard InChI is InChI=1S/C22H24F4N4OS/c1-32-15-10-14(4-9-27-15)28-19(31)18-16(22(24,25)26)17(13-2-3-13)29-30(18)12-20-5-7-21(23,11-20)8-6-20/h4,9-10,13H,2-3,5-8,11-12H2,1H3,(H,27,28,31). The monoisotopic (exact) mass is 468 g/mol. The van der Waals surface area contributed by atoms with Crippen LogP contribution >= 0.6 is 11.8 Å². The summed E-state index contributed by atoms with van der Waals surface area (Å²) in [4.78, 5) is 17.4. The molecule has 1 N–H and O–H groups in total. The number of thioether (sulfide) groups is 1. The number of fused-ring (bicyclic) bond motifs is 2. The molecule has 0 aliphatic heterocycles. The lowest BCUT2D eigenvalue weighted by Crippen LogP contribution is -2.28. The number of nitrogens with one attached hydrogen (secondary N) is 1. The second-order valence-corrected chi connectivity index (χ2v) is 10.2. The van der Waals surface area contributed by atoms with Crippen molar-refractivity contribution < 1.29 is 22.4 Å². The largest absolute Gasteiger partial charge is 0.420 e. The zero-order valence-corrected chi connectivity index (χ0v) is 18.5. The van der Waals surface area contributed by atoms with Crippen LogP contribution in [0.25, 0.3) is 0 Å². The number of halogens is 4. The highest BCUT2D eigenvalue weighted by Crippen LogP contribution is 2.59. The second kappa shape index (κ2) is 7.46. The van der Waals surface area contributed by atoms with E-state index in [1.165, 1.54) is 28.7 Å². The van der Waals surface area contributed by atoms with Crippen molar-refractivity contribution in [2.24, 2.45) is 5.41 Å². The van der Waals surface area contributed by atoms with Gasteiger partial charge in [0.2, 0.25) is 0 Å². The summed E-state index contributed by atoms with van der Waals surface area (Å²) in [5, 5.41) is 7.57. The summed E-state index contributed by atoms with van der Waals surface area (Å²) in [7, 11) is 0. The third-order valence-corrected chi connectivity index (χ3v) is 7.67. The lowest BCUT2D eigenvalue weighted by molar-refractivity contribution is -0.138. The van der Waals surface area contributed by atoms with Gasteiger partial charge in [-0.05, 0) is 68.7 Å². The molecule has 32 heavy (non-hydrogen) atoms. The molecule has 2 aromatic rings. The Bertz CT molecular complexity index is 1050. The van der Waals surface area contributed by atoms with Gasteiger partial charge >= 0.3 is 6.18 Å². The van der Waals surface area contributed by atoms with Gasteiger partial charge in [-0.25, -0.2) is 9.37 Å². The smallest absolute Gasteiger partial charge is 0.321 e. The lowest BCUT2D eigenvalue weighted by atomic mass is 9.84. The first-order valence-electron chi connectivity index (χ1n) is 10.8. The number of hydrogen-bond donors (Lipinski definition) is 1. The minimum atomic E-state index is -4.71. The van der Waals surface area contributed by atoms with E-state index in [-0.39, 0.29) is 18.2 Å². The average Bonchev–Trinajstić information content (AvgIpc) is 3.33. The van der Waals surface area contributed by atoms with Crippen LogP contribution in [0.1, 0.15) is 72.6 Å². The first-order valence-corrected chi connectivity index (χ1v) is 12.0. The van der Waals surface area contributed by atoms with E-state index in [9.17, 15) is 22.4 Å². The van der Waals surface area contributed by atoms with Crippen molar-refractivity contribution in [2.75, 3.05) is 11.6 Å². The van der Waals surface area contributed by atoms with E-state index < -0.39 is 34.4 Å². The van der Waals surface area contributed by atoms with Gasteiger partial charge in [0.25, 0.3) is 5.91 Å². The predicted octanol–water partition coefficient (Wildman–Crippen LogP) is 5.82. The first kappa shape index (κ1) is 21.7. The van der Waals surface area contributed by atoms with Gasteiger partial charge in [-0.2, -0.15) is 18.3 Å². The van der Waals surface area contributed by atoms with Crippen LogP contribution in [0, 0.1) is 5.41 Å². The number of alkyl halides is 4. The van der Waals surface area contributed by atoms with E-state index in [0.29, 0.717) is 55.7 Å². The minimum Gasteiger partial charge on any atom is -0.321 e. The Morgan fingerprint density at radius 1 is 1.28 bits per heavy atom. The van der Waals surface area contributed by atoms with Crippen LogP contribution in [-0.4, -0.2) is 32.6 Å². The molecular formula is C22H24F4N4OS. The minimum absolute atomic E-state index is 0.0545. The van der Waals surface area contributed by atoms with Crippen molar-refractivity contribution in [3.8, 4) is 0 Å². The molecule has 3 aliphatic carbocycles. The van der Waals surface area contributed by atoms with Crippen LogP contribution in [0.5, 0.6) is 0 Å². The predicted molar refractivity (Wildman–Crippen MR) is 113 cm³/mol. The van der Waals surface area contributed by atoms with Crippen LogP contribution < -0.4 is 5.32 Å². The van der Waals surface area contributed by atoms with Crippen molar-refractivity contribution >= 4 is 23.4 Å². The van der Waals surface area contributed by atoms with E-state index >= 15 is 0 Å². The fraction of sp³-hybridized carbons (Fsp3) is 0.591. The number of anilines is 1. The molecule has 3 aliphatic rings. The van der Waals surface area contributed by atoms with Gasteiger partial charge in [-0.3, -0.25) is 9.48 Å². The molecule has 0 aromatic carbocycles. The van der Waals surface area contributed by atoms with E-state index in [0.717, 1.165) is 0 Å². The van der Waals surface area contributed by atoms with Gasteiger partial charge in [0, 0.05) is 24.3 Å². The normalized spacial score (nSPS) is 27.2. The third-order valence-electron chi connectivity index (χ3n) is 7.03. The van der Waals surface area contributed by atoms with Gasteiger partial charge in [-0.1, -0.05) is 0 Å². The molecule has 172 valence electrons.